The van der Waals surface area contributed by atoms with Crippen LogP contribution >= 0.6 is 12.4 Å². The van der Waals surface area contributed by atoms with E-state index < -0.39 is 6.23 Å². The number of nitrogens with zero attached hydrogens (tertiary/aromatic N) is 2. The number of aliphatic hydroxyl groups excluding tert-OH is 1. The lowest BCUT2D eigenvalue weighted by atomic mass is 10.2. The van der Waals surface area contributed by atoms with Crippen LogP contribution in [0.3, 0.4) is 0 Å². The molecule has 0 bridgehead atoms. The third-order valence-electron chi connectivity index (χ3n) is 4.73. The molecule has 0 spiro atoms. The average Bonchev–Trinajstić information content (AvgIpc) is 2.76. The molecule has 1 aliphatic rings. The zero-order valence-electron chi connectivity index (χ0n) is 16.4. The van der Waals surface area contributed by atoms with E-state index in [1.165, 1.54) is 0 Å². The molecule has 3 rings (SSSR count). The van der Waals surface area contributed by atoms with Gasteiger partial charge in [0.2, 0.25) is 5.91 Å². The molecule has 2 aromatic carbocycles. The maximum absolute atomic E-state index is 12.5. The lowest BCUT2D eigenvalue weighted by Gasteiger charge is -2.36. The van der Waals surface area contributed by atoms with E-state index in [2.05, 4.69) is 0 Å². The third kappa shape index (κ3) is 6.49. The first-order valence-corrected chi connectivity index (χ1v) is 9.37. The van der Waals surface area contributed by atoms with Gasteiger partial charge in [-0.25, -0.2) is 0 Å². The first-order valence-electron chi connectivity index (χ1n) is 9.37. The van der Waals surface area contributed by atoms with Crippen molar-refractivity contribution in [2.75, 3.05) is 39.9 Å². The molecule has 0 radical (unpaired) electrons. The molecular weight excluding hydrogens is 392 g/mol. The number of hydrogen-bond donors (Lipinski definition) is 1. The van der Waals surface area contributed by atoms with Crippen LogP contribution in [0.2, 0.25) is 0 Å². The number of benzene rings is 2. The number of ether oxygens (including phenoxy) is 2. The fourth-order valence-electron chi connectivity index (χ4n) is 3.10. The number of para-hydroxylation sites is 2. The van der Waals surface area contributed by atoms with Gasteiger partial charge in [0.15, 0.2) is 0 Å². The molecule has 1 N–H and O–H groups in total. The summed E-state index contributed by atoms with van der Waals surface area (Å²) >= 11 is 0. The van der Waals surface area contributed by atoms with Crippen LogP contribution in [0.4, 0.5) is 0 Å². The fraction of sp³-hybridized carbons (Fsp3) is 0.318. The molecule has 0 saturated carbocycles. The number of methoxy groups -OCH3 is 1. The van der Waals surface area contributed by atoms with E-state index in [1.54, 1.807) is 24.2 Å². The van der Waals surface area contributed by atoms with Crippen LogP contribution in [0, 0.1) is 0 Å². The van der Waals surface area contributed by atoms with Crippen molar-refractivity contribution in [1.82, 2.24) is 9.80 Å². The van der Waals surface area contributed by atoms with Gasteiger partial charge in [-0.1, -0.05) is 36.4 Å². The van der Waals surface area contributed by atoms with E-state index in [0.717, 1.165) is 17.1 Å². The largest absolute Gasteiger partial charge is 0.496 e. The van der Waals surface area contributed by atoms with Gasteiger partial charge >= 0.3 is 0 Å². The molecule has 1 heterocycles. The highest BCUT2D eigenvalue weighted by atomic mass is 35.5. The van der Waals surface area contributed by atoms with Gasteiger partial charge in [-0.3, -0.25) is 9.69 Å². The first kappa shape index (κ1) is 22.7. The highest BCUT2D eigenvalue weighted by Crippen LogP contribution is 2.19. The van der Waals surface area contributed by atoms with Crippen LogP contribution in [-0.2, 0) is 4.79 Å². The Morgan fingerprint density at radius 3 is 2.41 bits per heavy atom. The second-order valence-electron chi connectivity index (χ2n) is 6.54. The maximum Gasteiger partial charge on any atom is 0.246 e. The Bertz CT molecular complexity index is 792. The van der Waals surface area contributed by atoms with Crippen molar-refractivity contribution in [3.05, 3.63) is 66.2 Å². The fourth-order valence-corrected chi connectivity index (χ4v) is 3.10. The third-order valence-corrected chi connectivity index (χ3v) is 4.73. The zero-order chi connectivity index (χ0) is 19.8. The lowest BCUT2D eigenvalue weighted by molar-refractivity contribution is -0.130. The van der Waals surface area contributed by atoms with Crippen molar-refractivity contribution in [3.63, 3.8) is 0 Å². The number of halogens is 1. The van der Waals surface area contributed by atoms with Crippen LogP contribution in [0.25, 0.3) is 6.08 Å². The van der Waals surface area contributed by atoms with Crippen molar-refractivity contribution >= 4 is 24.4 Å². The monoisotopic (exact) mass is 418 g/mol. The van der Waals surface area contributed by atoms with Crippen molar-refractivity contribution in [3.8, 4) is 11.5 Å². The minimum Gasteiger partial charge on any atom is -0.496 e. The minimum absolute atomic E-state index is 0. The number of piperazine rings is 1. The van der Waals surface area contributed by atoms with Gasteiger partial charge in [0, 0.05) is 37.8 Å². The average molecular weight is 419 g/mol. The quantitative estimate of drug-likeness (QED) is 0.700. The second-order valence-corrected chi connectivity index (χ2v) is 6.54. The van der Waals surface area contributed by atoms with Gasteiger partial charge < -0.3 is 19.5 Å². The van der Waals surface area contributed by atoms with Crippen LogP contribution in [0.5, 0.6) is 11.5 Å². The number of rotatable bonds is 7. The van der Waals surface area contributed by atoms with Gasteiger partial charge in [0.05, 0.1) is 7.11 Å². The molecule has 1 amide bonds. The highest BCUT2D eigenvalue weighted by Gasteiger charge is 2.24. The Morgan fingerprint density at radius 1 is 1.07 bits per heavy atom. The van der Waals surface area contributed by atoms with Crippen LogP contribution in [0.1, 0.15) is 5.56 Å². The van der Waals surface area contributed by atoms with Gasteiger partial charge in [-0.15, -0.1) is 12.4 Å². The van der Waals surface area contributed by atoms with E-state index in [-0.39, 0.29) is 24.9 Å². The highest BCUT2D eigenvalue weighted by molar-refractivity contribution is 5.92. The van der Waals surface area contributed by atoms with Gasteiger partial charge in [-0.05, 0) is 24.3 Å². The molecule has 0 aliphatic carbocycles. The normalized spacial score (nSPS) is 15.6. The SMILES string of the molecule is COc1ccccc1/C=C/C(=O)N1CCN(C(O)COc2ccccc2)CC1.Cl. The topological polar surface area (TPSA) is 62.2 Å². The summed E-state index contributed by atoms with van der Waals surface area (Å²) in [7, 11) is 1.61. The van der Waals surface area contributed by atoms with Gasteiger partial charge in [0.1, 0.15) is 24.3 Å². The van der Waals surface area contributed by atoms with Crippen LogP contribution in [-0.4, -0.2) is 66.9 Å². The van der Waals surface area contributed by atoms with Crippen LogP contribution in [0.15, 0.2) is 60.7 Å². The zero-order valence-corrected chi connectivity index (χ0v) is 17.3. The summed E-state index contributed by atoms with van der Waals surface area (Å²) in [6, 6.07) is 17.0. The van der Waals surface area contributed by atoms with Crippen molar-refractivity contribution in [1.29, 1.82) is 0 Å². The molecule has 6 nitrogen and oxygen atoms in total. The summed E-state index contributed by atoms with van der Waals surface area (Å²) in [6.45, 7) is 2.54. The van der Waals surface area contributed by atoms with E-state index in [9.17, 15) is 9.90 Å². The minimum atomic E-state index is -0.693. The lowest BCUT2D eigenvalue weighted by Crippen LogP contribution is -2.53. The number of amides is 1. The van der Waals surface area contributed by atoms with Gasteiger partial charge in [0.25, 0.3) is 0 Å². The summed E-state index contributed by atoms with van der Waals surface area (Å²) < 4.78 is 10.9. The standard InChI is InChI=1S/C22H26N2O4.ClH/c1-27-20-10-6-5-7-18(20)11-12-21(25)23-13-15-24(16-14-23)22(26)17-28-19-8-3-2-4-9-19;/h2-12,22,26H,13-17H2,1H3;1H/b12-11+;. The van der Waals surface area contributed by atoms with Crippen molar-refractivity contribution < 1.29 is 19.4 Å². The number of aliphatic hydroxyl groups is 1. The molecule has 1 unspecified atom stereocenters. The van der Waals surface area contributed by atoms with E-state index >= 15 is 0 Å². The van der Waals surface area contributed by atoms with Crippen LogP contribution < -0.4 is 9.47 Å². The summed E-state index contributed by atoms with van der Waals surface area (Å²) in [5.74, 6) is 1.43. The molecule has 29 heavy (non-hydrogen) atoms. The Kier molecular flexibility index (Phi) is 8.99. The first-order chi connectivity index (χ1) is 13.7. The Balaban J connectivity index is 0.00000300. The van der Waals surface area contributed by atoms with E-state index in [4.69, 9.17) is 9.47 Å². The van der Waals surface area contributed by atoms with Crippen molar-refractivity contribution in [2.45, 2.75) is 6.23 Å². The molecule has 2 aromatic rings. The molecule has 7 heteroatoms. The Hall–Kier alpha value is -2.54. The number of hydrogen-bond acceptors (Lipinski definition) is 5. The number of carbonyl (C=O) groups is 1. The molecule has 1 atom stereocenters. The predicted octanol–water partition coefficient (Wildman–Crippen LogP) is 2.67. The maximum atomic E-state index is 12.5. The molecule has 0 aromatic heterocycles. The van der Waals surface area contributed by atoms with Gasteiger partial charge in [-0.2, -0.15) is 0 Å². The molecule has 1 aliphatic heterocycles. The van der Waals surface area contributed by atoms with E-state index in [1.807, 2.05) is 59.5 Å². The molecular formula is C22H27ClN2O4. The van der Waals surface area contributed by atoms with E-state index in [0.29, 0.717) is 26.2 Å². The Morgan fingerprint density at radius 2 is 1.72 bits per heavy atom. The predicted molar refractivity (Wildman–Crippen MR) is 115 cm³/mol. The summed E-state index contributed by atoms with van der Waals surface area (Å²) in [5.41, 5.74) is 0.866. The number of carbonyl (C=O) groups excluding carboxylic acids is 1. The summed E-state index contributed by atoms with van der Waals surface area (Å²) in [4.78, 5) is 16.2. The molecule has 1 fully saturated rings. The summed E-state index contributed by atoms with van der Waals surface area (Å²) in [6.07, 6.45) is 2.65. The molecule has 156 valence electrons. The molecule has 1 saturated heterocycles. The smallest absolute Gasteiger partial charge is 0.246 e. The Labute approximate surface area is 177 Å². The summed E-state index contributed by atoms with van der Waals surface area (Å²) in [5, 5.41) is 10.3. The second kappa shape index (κ2) is 11.5. The van der Waals surface area contributed by atoms with Crippen molar-refractivity contribution in [2.24, 2.45) is 0 Å².